The van der Waals surface area contributed by atoms with Crippen molar-refractivity contribution >= 4 is 0 Å². The van der Waals surface area contributed by atoms with Gasteiger partial charge in [0.05, 0.1) is 12.2 Å². The first-order valence-electron chi connectivity index (χ1n) is 12.8. The van der Waals surface area contributed by atoms with Crippen LogP contribution >= 0.6 is 0 Å². The quantitative estimate of drug-likeness (QED) is 0.502. The smallest absolute Gasteiger partial charge is 0.0836 e. The SMILES string of the molecule is C=C(CC[C@@H](C)[C@H]1CC[C@H]2[C@@H]3CC=C4C[C@H](O)[C@@H](O)C[C@]4(C)[C@H]3CC[C@]12C)C(C)C. The minimum atomic E-state index is -0.563. The average molecular weight is 415 g/mol. The van der Waals surface area contributed by atoms with Gasteiger partial charge in [-0.15, -0.1) is 0 Å². The van der Waals surface area contributed by atoms with Gasteiger partial charge in [0.2, 0.25) is 0 Å². The van der Waals surface area contributed by atoms with Crippen LogP contribution in [0.15, 0.2) is 23.8 Å². The molecule has 4 rings (SSSR count). The van der Waals surface area contributed by atoms with E-state index in [0.29, 0.717) is 23.7 Å². The van der Waals surface area contributed by atoms with E-state index in [1.807, 2.05) is 0 Å². The molecule has 30 heavy (non-hydrogen) atoms. The molecule has 9 atom stereocenters. The molecule has 3 saturated carbocycles. The van der Waals surface area contributed by atoms with Crippen molar-refractivity contribution in [1.82, 2.24) is 0 Å². The molecule has 4 aliphatic rings. The molecule has 2 nitrogen and oxygen atoms in total. The molecule has 4 aliphatic carbocycles. The number of hydrogen-bond donors (Lipinski definition) is 2. The molecular formula is C28H46O2. The monoisotopic (exact) mass is 414 g/mol. The maximum absolute atomic E-state index is 10.5. The van der Waals surface area contributed by atoms with Crippen LogP contribution in [0.4, 0.5) is 0 Å². The van der Waals surface area contributed by atoms with E-state index in [9.17, 15) is 10.2 Å². The first-order valence-corrected chi connectivity index (χ1v) is 12.8. The molecule has 0 aromatic carbocycles. The van der Waals surface area contributed by atoms with E-state index in [0.717, 1.165) is 30.1 Å². The van der Waals surface area contributed by atoms with Gasteiger partial charge in [-0.25, -0.2) is 0 Å². The zero-order chi connectivity index (χ0) is 21.8. The Bertz CT molecular complexity index is 693. The highest BCUT2D eigenvalue weighted by Gasteiger charge is 2.59. The highest BCUT2D eigenvalue weighted by molar-refractivity contribution is 5.26. The number of hydrogen-bond acceptors (Lipinski definition) is 2. The largest absolute Gasteiger partial charge is 0.390 e. The molecule has 0 saturated heterocycles. The summed E-state index contributed by atoms with van der Waals surface area (Å²) in [6, 6.07) is 0. The van der Waals surface area contributed by atoms with E-state index in [1.165, 1.54) is 56.1 Å². The standard InChI is InChI=1S/C28H46O2/c1-17(2)18(3)7-8-19(4)22-11-12-23-21-10-9-20-15-25(29)26(30)16-28(20,6)24(21)13-14-27(22,23)5/h9,17,19,21-26,29-30H,3,7-8,10-16H2,1-2,4-6H3/t19-,21+,22-,23+,24+,25+,26+,27-,28+/m1/s1. The Morgan fingerprint density at radius 3 is 2.53 bits per heavy atom. The van der Waals surface area contributed by atoms with Gasteiger partial charge in [-0.05, 0) is 104 Å². The van der Waals surface area contributed by atoms with E-state index in [-0.39, 0.29) is 5.41 Å². The lowest BCUT2D eigenvalue weighted by Gasteiger charge is -2.59. The summed E-state index contributed by atoms with van der Waals surface area (Å²) in [6.07, 6.45) is 11.9. The molecule has 0 bridgehead atoms. The van der Waals surface area contributed by atoms with Gasteiger partial charge in [0, 0.05) is 0 Å². The number of allylic oxidation sites excluding steroid dienone is 2. The van der Waals surface area contributed by atoms with Crippen LogP contribution in [0.3, 0.4) is 0 Å². The Balaban J connectivity index is 1.50. The summed E-state index contributed by atoms with van der Waals surface area (Å²) < 4.78 is 0. The number of aliphatic hydroxyl groups excluding tert-OH is 2. The van der Waals surface area contributed by atoms with Crippen LogP contribution in [0.5, 0.6) is 0 Å². The van der Waals surface area contributed by atoms with Crippen LogP contribution in [0.2, 0.25) is 0 Å². The molecule has 0 aromatic rings. The zero-order valence-electron chi connectivity index (χ0n) is 20.2. The third-order valence-electron chi connectivity index (χ3n) is 10.6. The topological polar surface area (TPSA) is 40.5 Å². The summed E-state index contributed by atoms with van der Waals surface area (Å²) in [5.74, 6) is 4.52. The third kappa shape index (κ3) is 3.54. The third-order valence-corrected chi connectivity index (χ3v) is 10.6. The van der Waals surface area contributed by atoms with Gasteiger partial charge in [-0.1, -0.05) is 58.4 Å². The summed E-state index contributed by atoms with van der Waals surface area (Å²) in [7, 11) is 0. The van der Waals surface area contributed by atoms with Gasteiger partial charge < -0.3 is 10.2 Å². The first-order chi connectivity index (χ1) is 14.1. The fourth-order valence-corrected chi connectivity index (χ4v) is 8.57. The second kappa shape index (κ2) is 8.07. The van der Waals surface area contributed by atoms with Crippen molar-refractivity contribution in [3.8, 4) is 0 Å². The molecule has 0 amide bonds. The second-order valence-electron chi connectivity index (χ2n) is 12.4. The molecule has 3 fully saturated rings. The van der Waals surface area contributed by atoms with Crippen LogP contribution in [0.25, 0.3) is 0 Å². The van der Waals surface area contributed by atoms with Crippen molar-refractivity contribution in [2.24, 2.45) is 46.3 Å². The first kappa shape index (κ1) is 22.6. The lowest BCUT2D eigenvalue weighted by atomic mass is 9.46. The molecule has 0 aliphatic heterocycles. The van der Waals surface area contributed by atoms with Gasteiger partial charge in [0.15, 0.2) is 0 Å². The Morgan fingerprint density at radius 1 is 1.10 bits per heavy atom. The van der Waals surface area contributed by atoms with E-state index >= 15 is 0 Å². The molecule has 170 valence electrons. The van der Waals surface area contributed by atoms with Gasteiger partial charge in [0.25, 0.3) is 0 Å². The minimum absolute atomic E-state index is 0.0988. The summed E-state index contributed by atoms with van der Waals surface area (Å²) in [5, 5.41) is 20.7. The molecule has 2 N–H and O–H groups in total. The van der Waals surface area contributed by atoms with Crippen molar-refractivity contribution in [2.75, 3.05) is 0 Å². The van der Waals surface area contributed by atoms with Crippen molar-refractivity contribution < 1.29 is 10.2 Å². The highest BCUT2D eigenvalue weighted by atomic mass is 16.3. The van der Waals surface area contributed by atoms with E-state index < -0.39 is 12.2 Å². The van der Waals surface area contributed by atoms with E-state index in [1.54, 1.807) is 0 Å². The summed E-state index contributed by atoms with van der Waals surface area (Å²) in [6.45, 7) is 16.4. The highest BCUT2D eigenvalue weighted by Crippen LogP contribution is 2.67. The predicted octanol–water partition coefficient (Wildman–Crippen LogP) is 6.53. The molecule has 2 heteroatoms. The van der Waals surface area contributed by atoms with Crippen LogP contribution in [-0.4, -0.2) is 22.4 Å². The summed E-state index contributed by atoms with van der Waals surface area (Å²) in [4.78, 5) is 0. The number of fused-ring (bicyclic) bond motifs is 5. The van der Waals surface area contributed by atoms with Crippen LogP contribution in [0.1, 0.15) is 92.4 Å². The molecular weight excluding hydrogens is 368 g/mol. The van der Waals surface area contributed by atoms with Crippen LogP contribution in [0, 0.1) is 46.3 Å². The van der Waals surface area contributed by atoms with Gasteiger partial charge in [-0.3, -0.25) is 0 Å². The Labute approximate surface area is 185 Å². The fraction of sp³-hybridized carbons (Fsp3) is 0.857. The molecule has 0 radical (unpaired) electrons. The van der Waals surface area contributed by atoms with Gasteiger partial charge in [0.1, 0.15) is 0 Å². The number of rotatable bonds is 5. The van der Waals surface area contributed by atoms with Gasteiger partial charge >= 0.3 is 0 Å². The van der Waals surface area contributed by atoms with E-state index in [4.69, 9.17) is 0 Å². The molecule has 0 aromatic heterocycles. The Morgan fingerprint density at radius 2 is 1.83 bits per heavy atom. The Kier molecular flexibility index (Phi) is 6.08. The second-order valence-corrected chi connectivity index (χ2v) is 12.4. The van der Waals surface area contributed by atoms with Crippen molar-refractivity contribution in [1.29, 1.82) is 0 Å². The zero-order valence-corrected chi connectivity index (χ0v) is 20.2. The summed E-state index contributed by atoms with van der Waals surface area (Å²) >= 11 is 0. The van der Waals surface area contributed by atoms with Gasteiger partial charge in [-0.2, -0.15) is 0 Å². The minimum Gasteiger partial charge on any atom is -0.390 e. The van der Waals surface area contributed by atoms with Crippen molar-refractivity contribution in [3.63, 3.8) is 0 Å². The molecule has 0 unspecified atom stereocenters. The Hall–Kier alpha value is -0.600. The molecule has 0 spiro atoms. The van der Waals surface area contributed by atoms with Crippen LogP contribution in [-0.2, 0) is 0 Å². The maximum atomic E-state index is 10.5. The van der Waals surface area contributed by atoms with Crippen molar-refractivity contribution in [3.05, 3.63) is 23.8 Å². The number of aliphatic hydroxyl groups is 2. The maximum Gasteiger partial charge on any atom is 0.0836 e. The van der Waals surface area contributed by atoms with Crippen LogP contribution < -0.4 is 0 Å². The lowest BCUT2D eigenvalue weighted by Crippen LogP contribution is -2.53. The lowest BCUT2D eigenvalue weighted by molar-refractivity contribution is -0.0888. The summed E-state index contributed by atoms with van der Waals surface area (Å²) in [5.41, 5.74) is 3.44. The van der Waals surface area contributed by atoms with Crippen molar-refractivity contribution in [2.45, 2.75) is 105 Å². The average Bonchev–Trinajstić information content (AvgIpc) is 3.04. The fourth-order valence-electron chi connectivity index (χ4n) is 8.57. The molecule has 0 heterocycles. The van der Waals surface area contributed by atoms with E-state index in [2.05, 4.69) is 47.3 Å². The predicted molar refractivity (Wildman–Crippen MR) is 125 cm³/mol. The normalized spacial score (nSPS) is 46.6.